The van der Waals surface area contributed by atoms with Crippen LogP contribution in [0.5, 0.6) is 0 Å². The number of benzene rings is 2. The lowest BCUT2D eigenvalue weighted by Gasteiger charge is -2.12. The first-order valence-corrected chi connectivity index (χ1v) is 9.51. The van der Waals surface area contributed by atoms with Crippen molar-refractivity contribution in [1.29, 1.82) is 0 Å². The van der Waals surface area contributed by atoms with E-state index in [4.69, 9.17) is 5.10 Å². The number of anilines is 1. The molecular weight excluding hydrogens is 334 g/mol. The van der Waals surface area contributed by atoms with Crippen molar-refractivity contribution in [2.24, 2.45) is 0 Å². The SMILES string of the molecule is Cc1cc(C)c(NC(=O)c2nn(-c3ccccc3C)c3c2CCC3)c(C)c1. The molecule has 0 saturated carbocycles. The van der Waals surface area contributed by atoms with Gasteiger partial charge in [0, 0.05) is 16.9 Å². The molecule has 4 heteroatoms. The van der Waals surface area contributed by atoms with Crippen LogP contribution in [0.15, 0.2) is 36.4 Å². The molecule has 4 nitrogen and oxygen atoms in total. The van der Waals surface area contributed by atoms with Crippen LogP contribution in [0.25, 0.3) is 5.69 Å². The minimum atomic E-state index is -0.115. The highest BCUT2D eigenvalue weighted by Crippen LogP contribution is 2.30. The summed E-state index contributed by atoms with van der Waals surface area (Å²) in [6, 6.07) is 12.4. The highest BCUT2D eigenvalue weighted by molar-refractivity contribution is 6.05. The zero-order chi connectivity index (χ0) is 19.1. The second-order valence-electron chi connectivity index (χ2n) is 7.55. The number of aromatic nitrogens is 2. The summed E-state index contributed by atoms with van der Waals surface area (Å²) in [5, 5.41) is 7.86. The maximum Gasteiger partial charge on any atom is 0.276 e. The molecule has 1 N–H and O–H groups in total. The van der Waals surface area contributed by atoms with Crippen molar-refractivity contribution in [2.75, 3.05) is 5.32 Å². The molecule has 0 bridgehead atoms. The molecule has 0 atom stereocenters. The van der Waals surface area contributed by atoms with Crippen LogP contribution in [0, 0.1) is 27.7 Å². The number of rotatable bonds is 3. The standard InChI is InChI=1S/C23H25N3O/c1-14-12-16(3)21(17(4)13-14)24-23(27)22-18-9-7-11-20(18)26(25-22)19-10-6-5-8-15(19)2/h5-6,8,10,12-13H,7,9,11H2,1-4H3,(H,24,27). The highest BCUT2D eigenvalue weighted by Gasteiger charge is 2.27. The number of nitrogens with zero attached hydrogens (tertiary/aromatic N) is 2. The summed E-state index contributed by atoms with van der Waals surface area (Å²) in [4.78, 5) is 13.1. The normalized spacial score (nSPS) is 12.9. The summed E-state index contributed by atoms with van der Waals surface area (Å²) < 4.78 is 1.97. The van der Waals surface area contributed by atoms with E-state index in [1.54, 1.807) is 0 Å². The third-order valence-corrected chi connectivity index (χ3v) is 5.40. The van der Waals surface area contributed by atoms with Crippen LogP contribution in [0.1, 0.15) is 50.4 Å². The number of carbonyl (C=O) groups is 1. The first-order chi connectivity index (χ1) is 13.0. The average molecular weight is 359 g/mol. The Labute approximate surface area is 160 Å². The van der Waals surface area contributed by atoms with E-state index in [9.17, 15) is 4.79 Å². The molecule has 0 spiro atoms. The topological polar surface area (TPSA) is 46.9 Å². The Hall–Kier alpha value is -2.88. The lowest BCUT2D eigenvalue weighted by atomic mass is 10.0. The van der Waals surface area contributed by atoms with Crippen LogP contribution >= 0.6 is 0 Å². The van der Waals surface area contributed by atoms with Gasteiger partial charge in [-0.15, -0.1) is 0 Å². The summed E-state index contributed by atoms with van der Waals surface area (Å²) in [5.41, 5.74) is 9.29. The smallest absolute Gasteiger partial charge is 0.276 e. The summed E-state index contributed by atoms with van der Waals surface area (Å²) >= 11 is 0. The van der Waals surface area contributed by atoms with Crippen LogP contribution in [0.3, 0.4) is 0 Å². The summed E-state index contributed by atoms with van der Waals surface area (Å²) in [5.74, 6) is -0.115. The molecule has 1 amide bonds. The van der Waals surface area contributed by atoms with Gasteiger partial charge in [-0.25, -0.2) is 4.68 Å². The number of hydrogen-bond donors (Lipinski definition) is 1. The molecule has 4 rings (SSSR count). The number of fused-ring (bicyclic) bond motifs is 1. The predicted molar refractivity (Wildman–Crippen MR) is 109 cm³/mol. The van der Waals surface area contributed by atoms with Gasteiger partial charge in [0.2, 0.25) is 0 Å². The number of amides is 1. The number of carbonyl (C=O) groups excluding carboxylic acids is 1. The van der Waals surface area contributed by atoms with Gasteiger partial charge in [-0.1, -0.05) is 35.9 Å². The van der Waals surface area contributed by atoms with Crippen LogP contribution in [0.2, 0.25) is 0 Å². The fourth-order valence-corrected chi connectivity index (χ4v) is 4.17. The van der Waals surface area contributed by atoms with E-state index in [0.29, 0.717) is 5.69 Å². The molecule has 1 heterocycles. The van der Waals surface area contributed by atoms with Gasteiger partial charge in [-0.2, -0.15) is 5.10 Å². The second kappa shape index (κ2) is 6.69. The molecule has 138 valence electrons. The van der Waals surface area contributed by atoms with E-state index < -0.39 is 0 Å². The molecule has 0 radical (unpaired) electrons. The van der Waals surface area contributed by atoms with Gasteiger partial charge in [0.15, 0.2) is 5.69 Å². The number of nitrogens with one attached hydrogen (secondary N) is 1. The van der Waals surface area contributed by atoms with Crippen molar-refractivity contribution in [3.05, 3.63) is 75.6 Å². The lowest BCUT2D eigenvalue weighted by molar-refractivity contribution is 0.102. The quantitative estimate of drug-likeness (QED) is 0.727. The van der Waals surface area contributed by atoms with Crippen LogP contribution < -0.4 is 5.32 Å². The Kier molecular flexibility index (Phi) is 4.34. The van der Waals surface area contributed by atoms with Gasteiger partial charge >= 0.3 is 0 Å². The first-order valence-electron chi connectivity index (χ1n) is 9.51. The van der Waals surface area contributed by atoms with E-state index in [1.807, 2.05) is 30.7 Å². The van der Waals surface area contributed by atoms with Crippen molar-refractivity contribution in [2.45, 2.75) is 47.0 Å². The van der Waals surface area contributed by atoms with E-state index in [-0.39, 0.29) is 5.91 Å². The Morgan fingerprint density at radius 1 is 1.00 bits per heavy atom. The maximum absolute atomic E-state index is 13.1. The third kappa shape index (κ3) is 3.05. The van der Waals surface area contributed by atoms with E-state index >= 15 is 0 Å². The number of hydrogen-bond acceptors (Lipinski definition) is 2. The van der Waals surface area contributed by atoms with Crippen molar-refractivity contribution in [1.82, 2.24) is 9.78 Å². The van der Waals surface area contributed by atoms with Gasteiger partial charge in [0.1, 0.15) is 0 Å². The molecule has 27 heavy (non-hydrogen) atoms. The number of aryl methyl sites for hydroxylation is 4. The van der Waals surface area contributed by atoms with E-state index in [2.05, 4.69) is 43.4 Å². The van der Waals surface area contributed by atoms with Crippen LogP contribution in [-0.4, -0.2) is 15.7 Å². The van der Waals surface area contributed by atoms with Gasteiger partial charge in [-0.3, -0.25) is 4.79 Å². The molecule has 0 aliphatic heterocycles. The minimum absolute atomic E-state index is 0.115. The highest BCUT2D eigenvalue weighted by atomic mass is 16.2. The molecule has 1 aliphatic rings. The largest absolute Gasteiger partial charge is 0.320 e. The summed E-state index contributed by atoms with van der Waals surface area (Å²) in [7, 11) is 0. The molecule has 1 aliphatic carbocycles. The van der Waals surface area contributed by atoms with E-state index in [0.717, 1.165) is 52.9 Å². The monoisotopic (exact) mass is 359 g/mol. The fourth-order valence-electron chi connectivity index (χ4n) is 4.17. The van der Waals surface area contributed by atoms with Gasteiger partial charge < -0.3 is 5.32 Å². The minimum Gasteiger partial charge on any atom is -0.320 e. The van der Waals surface area contributed by atoms with Crippen LogP contribution in [-0.2, 0) is 12.8 Å². The zero-order valence-corrected chi connectivity index (χ0v) is 16.4. The predicted octanol–water partition coefficient (Wildman–Crippen LogP) is 4.85. The van der Waals surface area contributed by atoms with Gasteiger partial charge in [-0.05, 0) is 69.7 Å². The van der Waals surface area contributed by atoms with Gasteiger partial charge in [0.05, 0.1) is 5.69 Å². The molecule has 2 aromatic carbocycles. The van der Waals surface area contributed by atoms with Crippen molar-refractivity contribution in [3.8, 4) is 5.69 Å². The summed E-state index contributed by atoms with van der Waals surface area (Å²) in [6.45, 7) is 8.22. The Morgan fingerprint density at radius 2 is 1.70 bits per heavy atom. The molecular formula is C23H25N3O. The average Bonchev–Trinajstić information content (AvgIpc) is 3.21. The number of para-hydroxylation sites is 1. The fraction of sp³-hybridized carbons (Fsp3) is 0.304. The lowest BCUT2D eigenvalue weighted by Crippen LogP contribution is -2.16. The van der Waals surface area contributed by atoms with Crippen LogP contribution in [0.4, 0.5) is 5.69 Å². The van der Waals surface area contributed by atoms with E-state index in [1.165, 1.54) is 11.3 Å². The Bertz CT molecular complexity index is 1020. The van der Waals surface area contributed by atoms with Crippen molar-refractivity contribution < 1.29 is 4.79 Å². The Balaban J connectivity index is 1.74. The van der Waals surface area contributed by atoms with Crippen molar-refractivity contribution in [3.63, 3.8) is 0 Å². The molecule has 3 aromatic rings. The van der Waals surface area contributed by atoms with Gasteiger partial charge in [0.25, 0.3) is 5.91 Å². The zero-order valence-electron chi connectivity index (χ0n) is 16.4. The third-order valence-electron chi connectivity index (χ3n) is 5.40. The molecule has 1 aromatic heterocycles. The summed E-state index contributed by atoms with van der Waals surface area (Å²) in [6.07, 6.45) is 2.95. The van der Waals surface area contributed by atoms with Crippen molar-refractivity contribution >= 4 is 11.6 Å². The molecule has 0 fully saturated rings. The Morgan fingerprint density at radius 3 is 2.41 bits per heavy atom. The first kappa shape index (κ1) is 17.5. The second-order valence-corrected chi connectivity index (χ2v) is 7.55. The molecule has 0 saturated heterocycles. The molecule has 0 unspecified atom stereocenters. The maximum atomic E-state index is 13.1.